The van der Waals surface area contributed by atoms with E-state index >= 15 is 0 Å². The molecule has 1 fully saturated rings. The molecule has 0 unspecified atom stereocenters. The molecular weight excluding hydrogens is 313 g/mol. The van der Waals surface area contributed by atoms with Gasteiger partial charge in [-0.25, -0.2) is 0 Å². The van der Waals surface area contributed by atoms with Gasteiger partial charge in [-0.15, -0.1) is 0 Å². The van der Waals surface area contributed by atoms with Gasteiger partial charge in [0.15, 0.2) is 0 Å². The Morgan fingerprint density at radius 1 is 1.00 bits per heavy atom. The molecule has 1 aromatic carbocycles. The fourth-order valence-electron chi connectivity index (χ4n) is 2.78. The quantitative estimate of drug-likeness (QED) is 0.782. The highest BCUT2D eigenvalue weighted by molar-refractivity contribution is 6.62. The van der Waals surface area contributed by atoms with Crippen molar-refractivity contribution in [1.29, 1.82) is 0 Å². The molecule has 3 rings (SSSR count). The van der Waals surface area contributed by atoms with Gasteiger partial charge >= 0.3 is 7.12 Å². The fourth-order valence-corrected chi connectivity index (χ4v) is 2.78. The van der Waals surface area contributed by atoms with E-state index in [1.54, 1.807) is 0 Å². The molecule has 5 heteroatoms. The third kappa shape index (κ3) is 3.72. The maximum absolute atomic E-state index is 6.08. The van der Waals surface area contributed by atoms with E-state index in [-0.39, 0.29) is 18.3 Å². The molecular formula is C20H26BNO3. The van der Waals surface area contributed by atoms with E-state index in [0.717, 1.165) is 28.9 Å². The molecule has 0 N–H and O–H groups in total. The van der Waals surface area contributed by atoms with Crippen molar-refractivity contribution in [2.24, 2.45) is 0 Å². The van der Waals surface area contributed by atoms with E-state index in [9.17, 15) is 0 Å². The molecule has 0 amide bonds. The largest absolute Gasteiger partial charge is 0.494 e. The molecule has 1 saturated heterocycles. The first-order valence-corrected chi connectivity index (χ1v) is 8.83. The Morgan fingerprint density at radius 3 is 2.24 bits per heavy atom. The lowest BCUT2D eigenvalue weighted by molar-refractivity contribution is 0.00578. The minimum Gasteiger partial charge on any atom is -0.489 e. The van der Waals surface area contributed by atoms with E-state index < -0.39 is 0 Å². The number of ether oxygens (including phenoxy) is 1. The summed E-state index contributed by atoms with van der Waals surface area (Å²) < 4.78 is 18.1. The summed E-state index contributed by atoms with van der Waals surface area (Å²) in [7, 11) is -0.343. The van der Waals surface area contributed by atoms with Gasteiger partial charge in [0, 0.05) is 17.5 Å². The number of hydrogen-bond donors (Lipinski definition) is 0. The molecule has 2 aromatic rings. The Morgan fingerprint density at radius 2 is 1.64 bits per heavy atom. The molecule has 0 atom stereocenters. The number of benzene rings is 1. The lowest BCUT2D eigenvalue weighted by Gasteiger charge is -2.32. The molecule has 2 heterocycles. The highest BCUT2D eigenvalue weighted by Gasteiger charge is 2.51. The molecule has 25 heavy (non-hydrogen) atoms. The summed E-state index contributed by atoms with van der Waals surface area (Å²) in [6.45, 7) is 10.9. The Balaban J connectivity index is 1.65. The van der Waals surface area contributed by atoms with E-state index in [0.29, 0.717) is 6.61 Å². The minimum atomic E-state index is -0.343. The molecule has 1 aromatic heterocycles. The Kier molecular flexibility index (Phi) is 4.89. The summed E-state index contributed by atoms with van der Waals surface area (Å²) in [6.07, 6.45) is 2.72. The average molecular weight is 339 g/mol. The number of pyridine rings is 1. The zero-order valence-corrected chi connectivity index (χ0v) is 15.7. The number of aromatic nitrogens is 1. The topological polar surface area (TPSA) is 40.6 Å². The van der Waals surface area contributed by atoms with Crippen LogP contribution < -0.4 is 10.2 Å². The number of rotatable bonds is 5. The summed E-state index contributed by atoms with van der Waals surface area (Å²) in [5.41, 5.74) is 2.55. The van der Waals surface area contributed by atoms with Crippen LogP contribution in [0.3, 0.4) is 0 Å². The standard InChI is InChI=1S/C20H26BNO3/c1-6-18-15(8-7-13-22-18)14-23-17-11-9-16(10-12-17)21-24-19(2,3)20(4,5)25-21/h7-13H,6,14H2,1-5H3. The van der Waals surface area contributed by atoms with E-state index in [1.807, 2.05) is 36.5 Å². The second-order valence-corrected chi connectivity index (χ2v) is 7.41. The summed E-state index contributed by atoms with van der Waals surface area (Å²) in [6, 6.07) is 11.9. The number of aryl methyl sites for hydroxylation is 1. The van der Waals surface area contributed by atoms with Crippen molar-refractivity contribution in [2.75, 3.05) is 0 Å². The van der Waals surface area contributed by atoms with E-state index in [1.165, 1.54) is 0 Å². The van der Waals surface area contributed by atoms with Gasteiger partial charge in [0.25, 0.3) is 0 Å². The van der Waals surface area contributed by atoms with E-state index in [4.69, 9.17) is 14.0 Å². The summed E-state index contributed by atoms with van der Waals surface area (Å²) in [5, 5.41) is 0. The van der Waals surface area contributed by atoms with Gasteiger partial charge in [0.1, 0.15) is 12.4 Å². The summed E-state index contributed by atoms with van der Waals surface area (Å²) in [5.74, 6) is 0.825. The first kappa shape index (κ1) is 18.0. The average Bonchev–Trinajstić information content (AvgIpc) is 2.81. The van der Waals surface area contributed by atoms with Crippen LogP contribution in [0.25, 0.3) is 0 Å². The summed E-state index contributed by atoms with van der Waals surface area (Å²) in [4.78, 5) is 4.39. The first-order valence-electron chi connectivity index (χ1n) is 8.83. The van der Waals surface area contributed by atoms with Gasteiger partial charge in [-0.2, -0.15) is 0 Å². The second-order valence-electron chi connectivity index (χ2n) is 7.41. The van der Waals surface area contributed by atoms with Crippen molar-refractivity contribution in [3.8, 4) is 5.75 Å². The zero-order chi connectivity index (χ0) is 18.1. The molecule has 132 valence electrons. The van der Waals surface area contributed by atoms with Crippen molar-refractivity contribution in [3.05, 3.63) is 53.9 Å². The molecule has 0 radical (unpaired) electrons. The van der Waals surface area contributed by atoms with Gasteiger partial charge < -0.3 is 14.0 Å². The predicted molar refractivity (Wildman–Crippen MR) is 100 cm³/mol. The van der Waals surface area contributed by atoms with Crippen molar-refractivity contribution < 1.29 is 14.0 Å². The van der Waals surface area contributed by atoms with Crippen LogP contribution in [0, 0.1) is 0 Å². The Hall–Kier alpha value is -1.85. The molecule has 4 nitrogen and oxygen atoms in total. The van der Waals surface area contributed by atoms with Crippen LogP contribution in [-0.2, 0) is 22.3 Å². The van der Waals surface area contributed by atoms with Crippen LogP contribution in [0.4, 0.5) is 0 Å². The van der Waals surface area contributed by atoms with Crippen LogP contribution in [0.5, 0.6) is 5.75 Å². The van der Waals surface area contributed by atoms with Gasteiger partial charge in [-0.3, -0.25) is 4.98 Å². The molecule has 1 aliphatic heterocycles. The lowest BCUT2D eigenvalue weighted by Crippen LogP contribution is -2.41. The monoisotopic (exact) mass is 339 g/mol. The number of nitrogens with zero attached hydrogens (tertiary/aromatic N) is 1. The van der Waals surface area contributed by atoms with Crippen molar-refractivity contribution in [1.82, 2.24) is 4.98 Å². The number of hydrogen-bond acceptors (Lipinski definition) is 4. The maximum atomic E-state index is 6.08. The Labute approximate surface area is 150 Å². The smallest absolute Gasteiger partial charge is 0.489 e. The predicted octanol–water partition coefficient (Wildman–Crippen LogP) is 3.52. The highest BCUT2D eigenvalue weighted by atomic mass is 16.7. The van der Waals surface area contributed by atoms with Crippen molar-refractivity contribution >= 4 is 12.6 Å². The first-order chi connectivity index (χ1) is 11.8. The van der Waals surface area contributed by atoms with Crippen molar-refractivity contribution in [2.45, 2.75) is 58.8 Å². The van der Waals surface area contributed by atoms with Gasteiger partial charge in [0.05, 0.1) is 11.2 Å². The van der Waals surface area contributed by atoms with E-state index in [2.05, 4.69) is 45.7 Å². The van der Waals surface area contributed by atoms with Crippen LogP contribution in [0.1, 0.15) is 45.9 Å². The SMILES string of the molecule is CCc1ncccc1COc1ccc(B2OC(C)(C)C(C)(C)O2)cc1. The zero-order valence-electron chi connectivity index (χ0n) is 15.7. The molecule has 1 aliphatic rings. The maximum Gasteiger partial charge on any atom is 0.494 e. The third-order valence-electron chi connectivity index (χ3n) is 5.12. The van der Waals surface area contributed by atoms with Gasteiger partial charge in [-0.1, -0.05) is 25.1 Å². The summed E-state index contributed by atoms with van der Waals surface area (Å²) >= 11 is 0. The molecule has 0 spiro atoms. The highest BCUT2D eigenvalue weighted by Crippen LogP contribution is 2.36. The van der Waals surface area contributed by atoms with Gasteiger partial charge in [0.2, 0.25) is 0 Å². The second kappa shape index (κ2) is 6.81. The van der Waals surface area contributed by atoms with Gasteiger partial charge in [-0.05, 0) is 57.8 Å². The minimum absolute atomic E-state index is 0.330. The van der Waals surface area contributed by atoms with Crippen LogP contribution >= 0.6 is 0 Å². The Bertz CT molecular complexity index is 712. The normalized spacial score (nSPS) is 18.4. The lowest BCUT2D eigenvalue weighted by atomic mass is 9.79. The fraction of sp³-hybridized carbons (Fsp3) is 0.450. The van der Waals surface area contributed by atoms with Crippen molar-refractivity contribution in [3.63, 3.8) is 0 Å². The molecule has 0 saturated carbocycles. The van der Waals surface area contributed by atoms with Crippen LogP contribution in [0.15, 0.2) is 42.6 Å². The third-order valence-corrected chi connectivity index (χ3v) is 5.12. The molecule has 0 bridgehead atoms. The van der Waals surface area contributed by atoms with Crippen LogP contribution in [-0.4, -0.2) is 23.3 Å². The van der Waals surface area contributed by atoms with Crippen LogP contribution in [0.2, 0.25) is 0 Å². The molecule has 0 aliphatic carbocycles.